The van der Waals surface area contributed by atoms with Crippen molar-refractivity contribution < 1.29 is 36.6 Å². The van der Waals surface area contributed by atoms with Gasteiger partial charge in [-0.3, -0.25) is 4.79 Å². The lowest BCUT2D eigenvalue weighted by atomic mass is 9.88. The van der Waals surface area contributed by atoms with Gasteiger partial charge in [-0.05, 0) is 85.4 Å². The van der Waals surface area contributed by atoms with Gasteiger partial charge in [0.1, 0.15) is 0 Å². The van der Waals surface area contributed by atoms with E-state index in [1.165, 1.54) is 17.2 Å². The minimum absolute atomic E-state index is 0.0695. The first kappa shape index (κ1) is 33.6. The molecule has 1 aliphatic carbocycles. The number of alkyl halides is 3. The molecule has 0 bridgehead atoms. The molecule has 4 rings (SSSR count). The predicted octanol–water partition coefficient (Wildman–Crippen LogP) is 5.54. The minimum Gasteiger partial charge on any atom is -0.481 e. The number of benzene rings is 3. The molecule has 0 aromatic heterocycles. The van der Waals surface area contributed by atoms with Gasteiger partial charge in [-0.2, -0.15) is 17.5 Å². The summed E-state index contributed by atoms with van der Waals surface area (Å²) in [6.07, 6.45) is -3.11. The zero-order valence-corrected chi connectivity index (χ0v) is 25.9. The van der Waals surface area contributed by atoms with Gasteiger partial charge in [-0.25, -0.2) is 8.42 Å². The lowest BCUT2D eigenvalue weighted by Crippen LogP contribution is -2.47. The molecule has 44 heavy (non-hydrogen) atoms. The molecule has 1 aliphatic rings. The van der Waals surface area contributed by atoms with E-state index in [9.17, 15) is 31.5 Å². The Morgan fingerprint density at radius 2 is 1.59 bits per heavy atom. The summed E-state index contributed by atoms with van der Waals surface area (Å²) >= 11 is 0. The molecule has 3 N–H and O–H groups in total. The second-order valence-electron chi connectivity index (χ2n) is 12.3. The third-order valence-corrected chi connectivity index (χ3v) is 9.99. The number of hydrogen-bond donors (Lipinski definition) is 3. The summed E-state index contributed by atoms with van der Waals surface area (Å²) in [7, 11) is -3.45. The van der Waals surface area contributed by atoms with Crippen LogP contribution in [0.3, 0.4) is 0 Å². The number of fused-ring (bicyclic) bond motifs is 1. The van der Waals surface area contributed by atoms with Crippen LogP contribution < -0.4 is 5.32 Å². The molecule has 0 amide bonds. The fourth-order valence-corrected chi connectivity index (χ4v) is 7.28. The molecule has 3 aromatic carbocycles. The minimum atomic E-state index is -4.95. The molecule has 7 nitrogen and oxygen atoms in total. The topological polar surface area (TPSA) is 107 Å². The van der Waals surface area contributed by atoms with E-state index in [0.717, 1.165) is 42.7 Å². The first-order valence-electron chi connectivity index (χ1n) is 14.5. The van der Waals surface area contributed by atoms with Gasteiger partial charge in [0.25, 0.3) is 0 Å². The van der Waals surface area contributed by atoms with E-state index in [-0.39, 0.29) is 30.5 Å². The van der Waals surface area contributed by atoms with Gasteiger partial charge >= 0.3 is 12.1 Å². The van der Waals surface area contributed by atoms with Gasteiger partial charge < -0.3 is 15.5 Å². The molecule has 0 radical (unpaired) electrons. The molecule has 3 aromatic rings. The monoisotopic (exact) mass is 632 g/mol. The van der Waals surface area contributed by atoms with E-state index < -0.39 is 45.3 Å². The fraction of sp³-hybridized carbons (Fsp3) is 0.424. The standard InChI is InChI=1S/C33H39F3N2O5S/c1-32(2,19-23-16-25-6-4-5-7-26(25)17-23)37-20-28(39)21-38(3)44(42,43)30-14-13-27(18-29(30)33(34,35)36)24-11-8-22(9-12-24)10-15-31(40)41/h4-9,11-14,18,23,28,37,39H,10,15-17,19-21H2,1-3H3,(H,40,41)/t28-/m1/s1. The molecule has 0 unspecified atom stereocenters. The Kier molecular flexibility index (Phi) is 10.2. The zero-order chi connectivity index (χ0) is 32.3. The molecular formula is C33H39F3N2O5S. The number of carbonyl (C=O) groups is 1. The maximum absolute atomic E-state index is 14.1. The lowest BCUT2D eigenvalue weighted by Gasteiger charge is -2.31. The van der Waals surface area contributed by atoms with Crippen LogP contribution in [0.5, 0.6) is 0 Å². The van der Waals surface area contributed by atoms with Gasteiger partial charge in [0.05, 0.1) is 16.6 Å². The number of aryl methyl sites for hydroxylation is 1. The van der Waals surface area contributed by atoms with Gasteiger partial charge in [0.15, 0.2) is 0 Å². The van der Waals surface area contributed by atoms with Crippen molar-refractivity contribution in [3.05, 3.63) is 89.0 Å². The molecule has 238 valence electrons. The number of carboxylic acids is 1. The van der Waals surface area contributed by atoms with Crippen LogP contribution in [0.2, 0.25) is 0 Å². The third kappa shape index (κ3) is 8.47. The molecule has 0 aliphatic heterocycles. The van der Waals surface area contributed by atoms with Gasteiger partial charge in [0.2, 0.25) is 10.0 Å². The Bertz CT molecular complexity index is 1550. The second kappa shape index (κ2) is 13.4. The average molecular weight is 633 g/mol. The molecular weight excluding hydrogens is 593 g/mol. The Labute approximate surface area is 256 Å². The number of β-amino-alcohol motifs (C(OH)–C–C–N with tert-alkyl or cyclic N) is 1. The Morgan fingerprint density at radius 1 is 1.00 bits per heavy atom. The lowest BCUT2D eigenvalue weighted by molar-refractivity contribution is -0.140. The van der Waals surface area contributed by atoms with Gasteiger partial charge in [-0.1, -0.05) is 54.6 Å². The molecule has 0 saturated heterocycles. The van der Waals surface area contributed by atoms with Gasteiger partial charge in [-0.15, -0.1) is 0 Å². The first-order chi connectivity index (χ1) is 20.5. The summed E-state index contributed by atoms with van der Waals surface area (Å²) in [5.74, 6) is -0.516. The summed E-state index contributed by atoms with van der Waals surface area (Å²) in [5, 5.41) is 22.8. The maximum Gasteiger partial charge on any atom is 0.417 e. The van der Waals surface area contributed by atoms with E-state index in [4.69, 9.17) is 5.11 Å². The summed E-state index contributed by atoms with van der Waals surface area (Å²) in [4.78, 5) is 9.91. The number of aliphatic hydroxyl groups is 1. The molecule has 0 spiro atoms. The normalized spacial score (nSPS) is 15.0. The second-order valence-corrected chi connectivity index (χ2v) is 14.3. The molecule has 1 atom stereocenters. The van der Waals surface area contributed by atoms with Crippen LogP contribution in [0.1, 0.15) is 48.9 Å². The van der Waals surface area contributed by atoms with E-state index in [1.807, 2.05) is 26.0 Å². The number of halogens is 3. The van der Waals surface area contributed by atoms with Crippen molar-refractivity contribution in [2.24, 2.45) is 5.92 Å². The Balaban J connectivity index is 1.41. The SMILES string of the molecule is CN(C[C@H](O)CNC(C)(C)CC1Cc2ccccc2C1)S(=O)(=O)c1ccc(-c2ccc(CCC(=O)O)cc2)cc1C(F)(F)F. The smallest absolute Gasteiger partial charge is 0.417 e. The molecule has 0 heterocycles. The molecule has 0 saturated carbocycles. The number of sulfonamides is 1. The number of hydrogen-bond acceptors (Lipinski definition) is 5. The summed E-state index contributed by atoms with van der Waals surface area (Å²) in [6, 6.07) is 17.8. The number of nitrogens with zero attached hydrogens (tertiary/aromatic N) is 1. The van der Waals surface area contributed by atoms with Crippen LogP contribution in [-0.4, -0.2) is 60.7 Å². The van der Waals surface area contributed by atoms with Crippen molar-refractivity contribution in [3.63, 3.8) is 0 Å². The maximum atomic E-state index is 14.1. The highest BCUT2D eigenvalue weighted by molar-refractivity contribution is 7.89. The van der Waals surface area contributed by atoms with Crippen LogP contribution in [0, 0.1) is 5.92 Å². The zero-order valence-electron chi connectivity index (χ0n) is 25.1. The van der Waals surface area contributed by atoms with Crippen LogP contribution in [-0.2, 0) is 40.3 Å². The van der Waals surface area contributed by atoms with Crippen molar-refractivity contribution in [2.45, 2.75) is 68.7 Å². The summed E-state index contributed by atoms with van der Waals surface area (Å²) in [6.45, 7) is 3.71. The van der Waals surface area contributed by atoms with E-state index in [0.29, 0.717) is 17.0 Å². The van der Waals surface area contributed by atoms with Crippen molar-refractivity contribution in [1.29, 1.82) is 0 Å². The number of aliphatic hydroxyl groups excluding tert-OH is 1. The van der Waals surface area contributed by atoms with Crippen LogP contribution in [0.4, 0.5) is 13.2 Å². The number of aliphatic carboxylic acids is 1. The number of rotatable bonds is 13. The number of nitrogens with one attached hydrogen (secondary N) is 1. The van der Waals surface area contributed by atoms with E-state index in [2.05, 4.69) is 17.4 Å². The third-order valence-electron chi connectivity index (χ3n) is 8.11. The van der Waals surface area contributed by atoms with Gasteiger partial charge in [0, 0.05) is 32.1 Å². The highest BCUT2D eigenvalue weighted by Crippen LogP contribution is 2.38. The first-order valence-corrected chi connectivity index (χ1v) is 16.0. The number of likely N-dealkylation sites (N-methyl/N-ethyl adjacent to an activating group) is 1. The molecule has 0 fully saturated rings. The summed E-state index contributed by atoms with van der Waals surface area (Å²) < 4.78 is 69.9. The molecule has 11 heteroatoms. The van der Waals surface area contributed by atoms with Crippen LogP contribution >= 0.6 is 0 Å². The highest BCUT2D eigenvalue weighted by Gasteiger charge is 2.39. The van der Waals surface area contributed by atoms with Crippen molar-refractivity contribution in [2.75, 3.05) is 20.1 Å². The largest absolute Gasteiger partial charge is 0.481 e. The number of carboxylic acid groups (broad SMARTS) is 1. The summed E-state index contributed by atoms with van der Waals surface area (Å²) in [5.41, 5.74) is 2.35. The predicted molar refractivity (Wildman–Crippen MR) is 163 cm³/mol. The van der Waals surface area contributed by atoms with E-state index in [1.54, 1.807) is 24.3 Å². The van der Waals surface area contributed by atoms with Crippen LogP contribution in [0.25, 0.3) is 11.1 Å². The van der Waals surface area contributed by atoms with Crippen molar-refractivity contribution in [3.8, 4) is 11.1 Å². The Morgan fingerprint density at radius 3 is 2.16 bits per heavy atom. The highest BCUT2D eigenvalue weighted by atomic mass is 32.2. The Hall–Kier alpha value is -3.25. The fourth-order valence-electron chi connectivity index (χ4n) is 5.88. The average Bonchev–Trinajstić information content (AvgIpc) is 3.36. The van der Waals surface area contributed by atoms with Crippen molar-refractivity contribution >= 4 is 16.0 Å². The van der Waals surface area contributed by atoms with E-state index >= 15 is 0 Å². The van der Waals surface area contributed by atoms with Crippen LogP contribution in [0.15, 0.2) is 71.6 Å². The van der Waals surface area contributed by atoms with Crippen molar-refractivity contribution in [1.82, 2.24) is 9.62 Å². The quantitative estimate of drug-likeness (QED) is 0.228.